The van der Waals surface area contributed by atoms with Gasteiger partial charge in [0.2, 0.25) is 0 Å². The van der Waals surface area contributed by atoms with Crippen molar-refractivity contribution in [2.24, 2.45) is 5.73 Å². The van der Waals surface area contributed by atoms with Gasteiger partial charge in [-0.1, -0.05) is 15.9 Å². The highest BCUT2D eigenvalue weighted by Gasteiger charge is 2.18. The summed E-state index contributed by atoms with van der Waals surface area (Å²) in [6.45, 7) is 3.63. The van der Waals surface area contributed by atoms with Gasteiger partial charge in [0.25, 0.3) is 0 Å². The van der Waals surface area contributed by atoms with Crippen molar-refractivity contribution in [1.29, 1.82) is 0 Å². The van der Waals surface area contributed by atoms with Crippen molar-refractivity contribution in [3.63, 3.8) is 0 Å². The summed E-state index contributed by atoms with van der Waals surface area (Å²) in [7, 11) is 0. The lowest BCUT2D eigenvalue weighted by atomic mass is 9.95. The highest BCUT2D eigenvalue weighted by Crippen LogP contribution is 2.36. The summed E-state index contributed by atoms with van der Waals surface area (Å²) in [5.41, 5.74) is 8.14. The lowest BCUT2D eigenvalue weighted by molar-refractivity contribution is -0.137. The van der Waals surface area contributed by atoms with Crippen LogP contribution >= 0.6 is 15.9 Å². The predicted molar refractivity (Wildman–Crippen MR) is 69.1 cm³/mol. The molecule has 0 aliphatic heterocycles. The first-order valence-corrected chi connectivity index (χ1v) is 6.09. The number of benzene rings is 1. The Kier molecular flexibility index (Phi) is 4.54. The molecule has 1 rings (SSSR count). The molecule has 0 saturated heterocycles. The van der Waals surface area contributed by atoms with Crippen molar-refractivity contribution in [2.45, 2.75) is 32.7 Å². The van der Waals surface area contributed by atoms with E-state index in [4.69, 9.17) is 10.8 Å². The van der Waals surface area contributed by atoms with Crippen LogP contribution < -0.4 is 5.73 Å². The van der Waals surface area contributed by atoms with E-state index in [1.54, 1.807) is 6.92 Å². The molecule has 0 fully saturated rings. The van der Waals surface area contributed by atoms with E-state index < -0.39 is 12.0 Å². The number of carboxylic acids is 1. The zero-order chi connectivity index (χ0) is 13.2. The molecule has 4 N–H and O–H groups in total. The van der Waals surface area contributed by atoms with Crippen molar-refractivity contribution < 1.29 is 15.0 Å². The van der Waals surface area contributed by atoms with Crippen LogP contribution in [0.5, 0.6) is 5.75 Å². The van der Waals surface area contributed by atoms with Gasteiger partial charge in [0.1, 0.15) is 5.75 Å². The Morgan fingerprint density at radius 3 is 2.65 bits per heavy atom. The number of nitrogens with two attached hydrogens (primary N) is 1. The highest BCUT2D eigenvalue weighted by molar-refractivity contribution is 9.10. The van der Waals surface area contributed by atoms with Crippen LogP contribution in [0, 0.1) is 13.8 Å². The first-order chi connectivity index (χ1) is 7.84. The van der Waals surface area contributed by atoms with Crippen LogP contribution in [0.3, 0.4) is 0 Å². The summed E-state index contributed by atoms with van der Waals surface area (Å²) in [6, 6.07) is 1.35. The fourth-order valence-corrected chi connectivity index (χ4v) is 2.32. The van der Waals surface area contributed by atoms with E-state index in [9.17, 15) is 9.90 Å². The summed E-state index contributed by atoms with van der Waals surface area (Å²) in [6.07, 6.45) is 0.297. The Morgan fingerprint density at radius 1 is 1.53 bits per heavy atom. The number of halogens is 1. The standard InChI is InChI=1S/C12H16BrNO3/c1-6-5-8(13)7(2)11(12(6)17)9(14)3-4-10(15)16/h5,9,17H,3-4,14H2,1-2H3,(H,15,16). The summed E-state index contributed by atoms with van der Waals surface area (Å²) in [5.74, 6) is -0.729. The molecular formula is C12H16BrNO3. The van der Waals surface area contributed by atoms with Gasteiger partial charge in [-0.25, -0.2) is 0 Å². The van der Waals surface area contributed by atoms with Crippen LogP contribution in [-0.2, 0) is 4.79 Å². The van der Waals surface area contributed by atoms with Gasteiger partial charge in [-0.2, -0.15) is 0 Å². The van der Waals surface area contributed by atoms with Crippen molar-refractivity contribution in [1.82, 2.24) is 0 Å². The van der Waals surface area contributed by atoms with Gasteiger partial charge in [-0.05, 0) is 37.5 Å². The molecule has 1 aromatic carbocycles. The van der Waals surface area contributed by atoms with Gasteiger partial charge in [-0.15, -0.1) is 0 Å². The van der Waals surface area contributed by atoms with E-state index >= 15 is 0 Å². The third-order valence-corrected chi connectivity index (χ3v) is 3.60. The second kappa shape index (κ2) is 5.51. The fraction of sp³-hybridized carbons (Fsp3) is 0.417. The van der Waals surface area contributed by atoms with Crippen LogP contribution in [0.4, 0.5) is 0 Å². The van der Waals surface area contributed by atoms with Crippen molar-refractivity contribution in [3.05, 3.63) is 27.2 Å². The quantitative estimate of drug-likeness (QED) is 0.798. The van der Waals surface area contributed by atoms with Crippen molar-refractivity contribution >= 4 is 21.9 Å². The van der Waals surface area contributed by atoms with Gasteiger partial charge < -0.3 is 15.9 Å². The number of carbonyl (C=O) groups is 1. The Morgan fingerprint density at radius 2 is 2.12 bits per heavy atom. The topological polar surface area (TPSA) is 83.6 Å². The number of carboxylic acid groups (broad SMARTS) is 1. The monoisotopic (exact) mass is 301 g/mol. The van der Waals surface area contributed by atoms with Gasteiger partial charge in [0, 0.05) is 22.5 Å². The number of aromatic hydroxyl groups is 1. The van der Waals surface area contributed by atoms with Crippen LogP contribution in [0.2, 0.25) is 0 Å². The first-order valence-electron chi connectivity index (χ1n) is 5.30. The summed E-state index contributed by atoms with van der Waals surface area (Å²) in [4.78, 5) is 10.5. The lowest BCUT2D eigenvalue weighted by Crippen LogP contribution is -2.14. The van der Waals surface area contributed by atoms with Crippen molar-refractivity contribution in [2.75, 3.05) is 0 Å². The molecule has 0 aliphatic carbocycles. The molecule has 17 heavy (non-hydrogen) atoms. The van der Waals surface area contributed by atoms with E-state index in [0.29, 0.717) is 12.0 Å². The first kappa shape index (κ1) is 14.0. The molecular weight excluding hydrogens is 286 g/mol. The SMILES string of the molecule is Cc1cc(Br)c(C)c(C(N)CCC(=O)O)c1O. The molecule has 1 aromatic rings. The highest BCUT2D eigenvalue weighted by atomic mass is 79.9. The molecule has 0 radical (unpaired) electrons. The number of aryl methyl sites for hydroxylation is 1. The average Bonchev–Trinajstić information content (AvgIpc) is 2.24. The molecule has 0 bridgehead atoms. The minimum atomic E-state index is -0.885. The fourth-order valence-electron chi connectivity index (χ4n) is 1.76. The largest absolute Gasteiger partial charge is 0.507 e. The van der Waals surface area contributed by atoms with Gasteiger partial charge in [0.15, 0.2) is 0 Å². The molecule has 0 spiro atoms. The number of phenols is 1. The van der Waals surface area contributed by atoms with Gasteiger partial charge in [0.05, 0.1) is 0 Å². The number of hydrogen-bond donors (Lipinski definition) is 3. The van der Waals surface area contributed by atoms with Crippen LogP contribution in [0.25, 0.3) is 0 Å². The molecule has 0 heterocycles. The van der Waals surface area contributed by atoms with Crippen LogP contribution in [-0.4, -0.2) is 16.2 Å². The lowest BCUT2D eigenvalue weighted by Gasteiger charge is -2.18. The zero-order valence-electron chi connectivity index (χ0n) is 9.83. The summed E-state index contributed by atoms with van der Waals surface area (Å²) < 4.78 is 0.869. The van der Waals surface area contributed by atoms with E-state index in [0.717, 1.165) is 15.6 Å². The van der Waals surface area contributed by atoms with E-state index in [2.05, 4.69) is 15.9 Å². The molecule has 4 nitrogen and oxygen atoms in total. The second-order valence-electron chi connectivity index (χ2n) is 4.10. The predicted octanol–water partition coefficient (Wildman–Crippen LogP) is 2.64. The Hall–Kier alpha value is -1.07. The molecule has 1 unspecified atom stereocenters. The number of hydrogen-bond acceptors (Lipinski definition) is 3. The smallest absolute Gasteiger partial charge is 0.303 e. The van der Waals surface area contributed by atoms with E-state index in [1.807, 2.05) is 13.0 Å². The maximum absolute atomic E-state index is 10.5. The van der Waals surface area contributed by atoms with Gasteiger partial charge in [-0.3, -0.25) is 4.79 Å². The maximum Gasteiger partial charge on any atom is 0.303 e. The average molecular weight is 302 g/mol. The Labute approximate surface area is 109 Å². The normalized spacial score (nSPS) is 12.5. The second-order valence-corrected chi connectivity index (χ2v) is 4.96. The molecule has 0 aromatic heterocycles. The number of aliphatic carboxylic acids is 1. The minimum Gasteiger partial charge on any atom is -0.507 e. The molecule has 5 heteroatoms. The molecule has 94 valence electrons. The van der Waals surface area contributed by atoms with E-state index in [1.165, 1.54) is 0 Å². The molecule has 0 amide bonds. The Bertz CT molecular complexity index is 420. The third kappa shape index (κ3) is 3.20. The minimum absolute atomic E-state index is 0.00833. The van der Waals surface area contributed by atoms with Gasteiger partial charge >= 0.3 is 5.97 Å². The number of rotatable bonds is 4. The molecule has 0 saturated carbocycles. The van der Waals surface area contributed by atoms with Crippen molar-refractivity contribution in [3.8, 4) is 5.75 Å². The summed E-state index contributed by atoms with van der Waals surface area (Å²) in [5, 5.41) is 18.6. The zero-order valence-corrected chi connectivity index (χ0v) is 11.4. The Balaban J connectivity index is 3.07. The maximum atomic E-state index is 10.5. The molecule has 0 aliphatic rings. The van der Waals surface area contributed by atoms with Crippen LogP contribution in [0.15, 0.2) is 10.5 Å². The third-order valence-electron chi connectivity index (χ3n) is 2.77. The summed E-state index contributed by atoms with van der Waals surface area (Å²) >= 11 is 3.40. The molecule has 1 atom stereocenters. The number of phenolic OH excluding ortho intramolecular Hbond substituents is 1. The van der Waals surface area contributed by atoms with E-state index in [-0.39, 0.29) is 12.2 Å². The van der Waals surface area contributed by atoms with Crippen LogP contribution in [0.1, 0.15) is 35.6 Å².